The fourth-order valence-corrected chi connectivity index (χ4v) is 3.25. The maximum Gasteiger partial charge on any atom is 0.407 e. The second-order valence-electron chi connectivity index (χ2n) is 8.00. The summed E-state index contributed by atoms with van der Waals surface area (Å²) in [4.78, 5) is 59.0. The number of carboxylic acid groups (broad SMARTS) is 1. The van der Waals surface area contributed by atoms with Crippen molar-refractivity contribution in [1.29, 1.82) is 0 Å². The Morgan fingerprint density at radius 3 is 2.25 bits per heavy atom. The Kier molecular flexibility index (Phi) is 12.5. The average molecular weight is 523 g/mol. The van der Waals surface area contributed by atoms with Gasteiger partial charge in [-0.15, -0.1) is 0 Å². The van der Waals surface area contributed by atoms with Crippen LogP contribution < -0.4 is 21.7 Å². The number of nitrogens with one attached hydrogen (secondary N) is 3. The molecule has 0 radical (unpaired) electrons. The van der Waals surface area contributed by atoms with Gasteiger partial charge in [0.15, 0.2) is 6.29 Å². The van der Waals surface area contributed by atoms with Crippen LogP contribution in [0, 0.1) is 0 Å². The number of carbonyl (C=O) groups excluding carboxylic acids is 4. The number of ether oxygens (including phenoxy) is 3. The summed E-state index contributed by atoms with van der Waals surface area (Å²) >= 11 is 0. The summed E-state index contributed by atoms with van der Waals surface area (Å²) in [6, 6.07) is -3.87. The fourth-order valence-electron chi connectivity index (χ4n) is 3.25. The van der Waals surface area contributed by atoms with Gasteiger partial charge in [-0.1, -0.05) is 0 Å². The highest BCUT2D eigenvalue weighted by Crippen LogP contribution is 2.24. The summed E-state index contributed by atoms with van der Waals surface area (Å²) < 4.78 is 15.4. The molecule has 1 heterocycles. The molecule has 9 N–H and O–H groups in total. The maximum absolute atomic E-state index is 12.6. The first-order valence-corrected chi connectivity index (χ1v) is 11.1. The predicted molar refractivity (Wildman–Crippen MR) is 118 cm³/mol. The molecule has 1 fully saturated rings. The number of nitrogens with two attached hydrogens (primary N) is 1. The molecule has 0 saturated carbocycles. The molecule has 8 atom stereocenters. The molecule has 0 bridgehead atoms. The first kappa shape index (κ1) is 31.0. The number of primary amides is 1. The minimum atomic E-state index is -1.73. The minimum Gasteiger partial charge on any atom is -0.481 e. The van der Waals surface area contributed by atoms with Gasteiger partial charge in [0.1, 0.15) is 42.5 Å². The summed E-state index contributed by atoms with van der Waals surface area (Å²) in [6.07, 6.45) is -9.01. The van der Waals surface area contributed by atoms with Crippen molar-refractivity contribution in [2.45, 2.75) is 82.4 Å². The van der Waals surface area contributed by atoms with Gasteiger partial charge in [-0.2, -0.15) is 0 Å². The van der Waals surface area contributed by atoms with Gasteiger partial charge in [-0.05, 0) is 27.2 Å². The molecule has 36 heavy (non-hydrogen) atoms. The van der Waals surface area contributed by atoms with Gasteiger partial charge in [0.05, 0.1) is 13.2 Å². The van der Waals surface area contributed by atoms with E-state index in [0.717, 1.165) is 0 Å². The molecular weight excluding hydrogens is 488 g/mol. The van der Waals surface area contributed by atoms with Crippen LogP contribution in [0.4, 0.5) is 4.79 Å². The highest BCUT2D eigenvalue weighted by atomic mass is 16.6. The molecule has 206 valence electrons. The van der Waals surface area contributed by atoms with Gasteiger partial charge in [-0.3, -0.25) is 19.2 Å². The van der Waals surface area contributed by atoms with Crippen LogP contribution in [0.2, 0.25) is 0 Å². The lowest BCUT2D eigenvalue weighted by Gasteiger charge is -2.43. The van der Waals surface area contributed by atoms with E-state index < -0.39 is 91.6 Å². The van der Waals surface area contributed by atoms with E-state index in [0.29, 0.717) is 0 Å². The number of amides is 4. The highest BCUT2D eigenvalue weighted by Gasteiger charge is 2.47. The minimum absolute atomic E-state index is 0.00846. The standard InChI is InChI=1S/C20H34N4O12/c1-4-34-20(33)24-13-15(14(28)11(7-25)36-19(13)32)35-9(3)18(31)22-8(2)17(30)23-10(16(21)29)5-6-12(26)27/h8-11,13-15,19,25,28,32H,4-7H2,1-3H3,(H2,21,29)(H,22,31)(H,23,30)(H,24,33)(H,26,27)/t8?,9?,10?,11-,13-,14-,15-,19?/m1/s1. The van der Waals surface area contributed by atoms with Crippen LogP contribution in [0.3, 0.4) is 0 Å². The summed E-state index contributed by atoms with van der Waals surface area (Å²) in [5.41, 5.74) is 5.17. The predicted octanol–water partition coefficient (Wildman–Crippen LogP) is -3.72. The Morgan fingerprint density at radius 2 is 1.72 bits per heavy atom. The first-order chi connectivity index (χ1) is 16.8. The molecule has 16 nitrogen and oxygen atoms in total. The van der Waals surface area contributed by atoms with Crippen LogP contribution in [0.5, 0.6) is 0 Å². The molecule has 0 spiro atoms. The van der Waals surface area contributed by atoms with Crippen molar-refractivity contribution in [2.24, 2.45) is 5.73 Å². The van der Waals surface area contributed by atoms with Crippen LogP contribution in [0.15, 0.2) is 0 Å². The Morgan fingerprint density at radius 1 is 1.08 bits per heavy atom. The largest absolute Gasteiger partial charge is 0.481 e. The van der Waals surface area contributed by atoms with E-state index in [4.69, 9.17) is 25.1 Å². The second-order valence-corrected chi connectivity index (χ2v) is 8.00. The Bertz CT molecular complexity index is 797. The molecule has 0 aromatic carbocycles. The van der Waals surface area contributed by atoms with Crippen LogP contribution >= 0.6 is 0 Å². The number of hydrogen-bond acceptors (Lipinski definition) is 11. The van der Waals surface area contributed by atoms with Gasteiger partial charge in [0, 0.05) is 6.42 Å². The zero-order chi connectivity index (χ0) is 27.6. The molecule has 16 heteroatoms. The third-order valence-corrected chi connectivity index (χ3v) is 5.22. The van der Waals surface area contributed by atoms with E-state index in [-0.39, 0.29) is 13.0 Å². The normalized spacial score (nSPS) is 26.1. The number of alkyl carbamates (subject to hydrolysis) is 1. The molecule has 4 amide bonds. The summed E-state index contributed by atoms with van der Waals surface area (Å²) in [5, 5.41) is 45.7. The maximum atomic E-state index is 12.6. The molecule has 1 rings (SSSR count). The third kappa shape index (κ3) is 9.19. The number of carbonyl (C=O) groups is 5. The average Bonchev–Trinajstić information content (AvgIpc) is 2.80. The molecule has 0 aromatic rings. The fraction of sp³-hybridized carbons (Fsp3) is 0.750. The molecular formula is C20H34N4O12. The van der Waals surface area contributed by atoms with Gasteiger partial charge in [0.2, 0.25) is 17.7 Å². The Hall–Kier alpha value is -3.05. The quantitative estimate of drug-likeness (QED) is 0.116. The van der Waals surface area contributed by atoms with E-state index in [1.807, 2.05) is 0 Å². The highest BCUT2D eigenvalue weighted by molar-refractivity contribution is 5.92. The monoisotopic (exact) mass is 522 g/mol. The third-order valence-electron chi connectivity index (χ3n) is 5.22. The lowest BCUT2D eigenvalue weighted by atomic mass is 9.96. The number of aliphatic carboxylic acids is 1. The number of aliphatic hydroxyl groups is 3. The SMILES string of the molecule is CCOC(=O)N[C@H]1C(O)O[C@H](CO)[C@@H](O)[C@@H]1OC(C)C(=O)NC(C)C(=O)NC(CCC(=O)O)C(N)=O. The molecule has 1 saturated heterocycles. The molecule has 0 aromatic heterocycles. The lowest BCUT2D eigenvalue weighted by Crippen LogP contribution is -2.66. The van der Waals surface area contributed by atoms with Crippen molar-refractivity contribution < 1.29 is 58.6 Å². The van der Waals surface area contributed by atoms with E-state index in [2.05, 4.69) is 16.0 Å². The number of hydrogen-bond donors (Lipinski definition) is 8. The number of aliphatic hydroxyl groups excluding tert-OH is 3. The van der Waals surface area contributed by atoms with E-state index in [9.17, 15) is 39.3 Å². The molecule has 1 aliphatic heterocycles. The summed E-state index contributed by atoms with van der Waals surface area (Å²) in [5.74, 6) is -3.82. The van der Waals surface area contributed by atoms with Crippen molar-refractivity contribution in [3.63, 3.8) is 0 Å². The van der Waals surface area contributed by atoms with E-state index in [1.54, 1.807) is 6.92 Å². The first-order valence-electron chi connectivity index (χ1n) is 11.1. The van der Waals surface area contributed by atoms with Crippen molar-refractivity contribution in [1.82, 2.24) is 16.0 Å². The second kappa shape index (κ2) is 14.5. The van der Waals surface area contributed by atoms with Gasteiger partial charge >= 0.3 is 12.1 Å². The molecule has 1 aliphatic rings. The lowest BCUT2D eigenvalue weighted by molar-refractivity contribution is -0.265. The molecule has 0 aliphatic carbocycles. The topological polar surface area (TPSA) is 256 Å². The summed E-state index contributed by atoms with van der Waals surface area (Å²) in [6.45, 7) is 3.40. The number of carboxylic acids is 1. The van der Waals surface area contributed by atoms with Crippen LogP contribution in [0.1, 0.15) is 33.6 Å². The summed E-state index contributed by atoms with van der Waals surface area (Å²) in [7, 11) is 0. The van der Waals surface area contributed by atoms with Gasteiger partial charge in [-0.25, -0.2) is 4.79 Å². The van der Waals surface area contributed by atoms with E-state index >= 15 is 0 Å². The Balaban J connectivity index is 2.84. The van der Waals surface area contributed by atoms with E-state index in [1.165, 1.54) is 13.8 Å². The van der Waals surface area contributed by atoms with Crippen molar-refractivity contribution in [2.75, 3.05) is 13.2 Å². The van der Waals surface area contributed by atoms with Crippen LogP contribution in [-0.4, -0.2) is 112 Å². The van der Waals surface area contributed by atoms with Crippen molar-refractivity contribution in [3.8, 4) is 0 Å². The van der Waals surface area contributed by atoms with Gasteiger partial charge < -0.3 is 56.3 Å². The zero-order valence-corrected chi connectivity index (χ0v) is 20.1. The smallest absolute Gasteiger partial charge is 0.407 e. The number of rotatable bonds is 13. The zero-order valence-electron chi connectivity index (χ0n) is 20.1. The molecule has 4 unspecified atom stereocenters. The van der Waals surface area contributed by atoms with Crippen LogP contribution in [-0.2, 0) is 33.4 Å². The van der Waals surface area contributed by atoms with Crippen molar-refractivity contribution >= 4 is 29.8 Å². The van der Waals surface area contributed by atoms with Crippen molar-refractivity contribution in [3.05, 3.63) is 0 Å². The van der Waals surface area contributed by atoms with Crippen LogP contribution in [0.25, 0.3) is 0 Å². The van der Waals surface area contributed by atoms with Gasteiger partial charge in [0.25, 0.3) is 0 Å². The Labute approximate surface area is 206 Å².